The van der Waals surface area contributed by atoms with Gasteiger partial charge in [0.05, 0.1) is 12.6 Å². The van der Waals surface area contributed by atoms with Crippen molar-refractivity contribution in [3.05, 3.63) is 52.4 Å². The third kappa shape index (κ3) is 3.60. The predicted molar refractivity (Wildman–Crippen MR) is 112 cm³/mol. The summed E-state index contributed by atoms with van der Waals surface area (Å²) in [6.07, 6.45) is 2.88. The van der Waals surface area contributed by atoms with Crippen LogP contribution in [0.5, 0.6) is 11.5 Å². The molecule has 1 aliphatic rings. The molecule has 1 aromatic heterocycles. The molecular weight excluding hydrogens is 370 g/mol. The average molecular weight is 395 g/mol. The monoisotopic (exact) mass is 395 g/mol. The lowest BCUT2D eigenvalue weighted by Gasteiger charge is -2.28. The number of aromatic nitrogens is 2. The molecule has 29 heavy (non-hydrogen) atoms. The maximum Gasteiger partial charge on any atom is 0.326 e. The molecule has 0 radical (unpaired) electrons. The number of hydrogen-bond donors (Lipinski definition) is 3. The number of para-hydroxylation sites is 1. The number of ether oxygens (including phenoxy) is 1. The Labute approximate surface area is 168 Å². The number of aromatic amines is 1. The first-order valence-electron chi connectivity index (χ1n) is 9.85. The van der Waals surface area contributed by atoms with E-state index in [9.17, 15) is 14.7 Å². The zero-order valence-corrected chi connectivity index (χ0v) is 16.6. The minimum Gasteiger partial charge on any atom is -0.506 e. The van der Waals surface area contributed by atoms with Crippen LogP contribution in [-0.2, 0) is 4.79 Å². The normalized spacial score (nSPS) is 19.2. The van der Waals surface area contributed by atoms with Crippen molar-refractivity contribution in [1.82, 2.24) is 9.55 Å². The van der Waals surface area contributed by atoms with Crippen molar-refractivity contribution < 1.29 is 14.6 Å². The number of aromatic hydroxyl groups is 1. The number of hydrogen-bond acceptors (Lipinski definition) is 4. The summed E-state index contributed by atoms with van der Waals surface area (Å²) in [7, 11) is 1.61. The molecular formula is C22H25N3O4. The Morgan fingerprint density at radius 3 is 2.69 bits per heavy atom. The van der Waals surface area contributed by atoms with E-state index < -0.39 is 0 Å². The van der Waals surface area contributed by atoms with E-state index in [1.807, 2.05) is 31.2 Å². The first-order chi connectivity index (χ1) is 14.0. The Bertz CT molecular complexity index is 1110. The molecule has 2 aromatic carbocycles. The number of phenols is 1. The molecule has 1 fully saturated rings. The van der Waals surface area contributed by atoms with Crippen LogP contribution in [-0.4, -0.2) is 27.7 Å². The van der Waals surface area contributed by atoms with Gasteiger partial charge >= 0.3 is 5.69 Å². The van der Waals surface area contributed by atoms with Gasteiger partial charge in [0.25, 0.3) is 0 Å². The van der Waals surface area contributed by atoms with Crippen molar-refractivity contribution in [3.8, 4) is 11.5 Å². The van der Waals surface area contributed by atoms with Gasteiger partial charge in [0.15, 0.2) is 0 Å². The number of aryl methyl sites for hydroxylation is 1. The number of H-pyrrole nitrogens is 1. The topological polar surface area (TPSA) is 96.4 Å². The van der Waals surface area contributed by atoms with E-state index in [1.165, 1.54) is 0 Å². The summed E-state index contributed by atoms with van der Waals surface area (Å²) in [4.78, 5) is 27.9. The number of nitrogens with zero attached hydrogens (tertiary/aromatic N) is 1. The van der Waals surface area contributed by atoms with Gasteiger partial charge in [-0.2, -0.15) is 0 Å². The molecule has 1 heterocycles. The van der Waals surface area contributed by atoms with Crippen LogP contribution in [0.4, 0.5) is 5.69 Å². The highest BCUT2D eigenvalue weighted by Crippen LogP contribution is 2.35. The van der Waals surface area contributed by atoms with Crippen LogP contribution >= 0.6 is 0 Å². The van der Waals surface area contributed by atoms with E-state index >= 15 is 0 Å². The number of phenolic OH excluding ortho intramolecular Hbond substituents is 1. The van der Waals surface area contributed by atoms with Gasteiger partial charge in [0.2, 0.25) is 5.91 Å². The van der Waals surface area contributed by atoms with Gasteiger partial charge in [-0.05, 0) is 56.4 Å². The van der Waals surface area contributed by atoms with E-state index in [-0.39, 0.29) is 29.3 Å². The van der Waals surface area contributed by atoms with Crippen LogP contribution in [0.1, 0.15) is 37.3 Å². The highest BCUT2D eigenvalue weighted by Gasteiger charge is 2.29. The molecule has 4 rings (SSSR count). The summed E-state index contributed by atoms with van der Waals surface area (Å²) >= 11 is 0. The average Bonchev–Trinajstić information content (AvgIpc) is 3.07. The molecule has 0 atom stereocenters. The lowest BCUT2D eigenvalue weighted by Crippen LogP contribution is -2.31. The number of imidazole rings is 1. The maximum atomic E-state index is 12.7. The fraction of sp³-hybridized carbons (Fsp3) is 0.364. The third-order valence-electron chi connectivity index (χ3n) is 5.84. The predicted octanol–water partition coefficient (Wildman–Crippen LogP) is 3.72. The van der Waals surface area contributed by atoms with E-state index in [1.54, 1.807) is 23.8 Å². The SMILES string of the molecule is COc1cc(NC(=O)C2CCC(n3c(=O)[nH]c4c(O)cccc43)CC2)ccc1C. The van der Waals surface area contributed by atoms with E-state index in [4.69, 9.17) is 4.74 Å². The van der Waals surface area contributed by atoms with Crippen LogP contribution in [0, 0.1) is 12.8 Å². The van der Waals surface area contributed by atoms with E-state index in [0.29, 0.717) is 23.9 Å². The minimum absolute atomic E-state index is 0.00160. The summed E-state index contributed by atoms with van der Waals surface area (Å²) < 4.78 is 7.03. The second-order valence-electron chi connectivity index (χ2n) is 7.65. The first-order valence-corrected chi connectivity index (χ1v) is 9.85. The molecule has 0 saturated heterocycles. The molecule has 7 nitrogen and oxygen atoms in total. The number of fused-ring (bicyclic) bond motifs is 1. The molecule has 0 unspecified atom stereocenters. The molecule has 7 heteroatoms. The van der Waals surface area contributed by atoms with Gasteiger partial charge < -0.3 is 20.1 Å². The van der Waals surface area contributed by atoms with Gasteiger partial charge in [0.1, 0.15) is 17.0 Å². The summed E-state index contributed by atoms with van der Waals surface area (Å²) in [5.74, 6) is 0.722. The Morgan fingerprint density at radius 2 is 1.97 bits per heavy atom. The Morgan fingerprint density at radius 1 is 1.21 bits per heavy atom. The third-order valence-corrected chi connectivity index (χ3v) is 5.84. The minimum atomic E-state index is -0.221. The van der Waals surface area contributed by atoms with E-state index in [2.05, 4.69) is 10.3 Å². The summed E-state index contributed by atoms with van der Waals surface area (Å²) in [6.45, 7) is 1.96. The Balaban J connectivity index is 1.45. The highest BCUT2D eigenvalue weighted by atomic mass is 16.5. The smallest absolute Gasteiger partial charge is 0.326 e. The Kier molecular flexibility index (Phi) is 5.05. The van der Waals surface area contributed by atoms with Crippen molar-refractivity contribution in [2.75, 3.05) is 12.4 Å². The molecule has 1 aliphatic carbocycles. The number of nitrogens with one attached hydrogen (secondary N) is 2. The summed E-state index contributed by atoms with van der Waals surface area (Å²) in [5.41, 5.74) is 2.69. The van der Waals surface area contributed by atoms with Crippen LogP contribution in [0.25, 0.3) is 11.0 Å². The standard InChI is InChI=1S/C22H25N3O4/c1-13-6-9-15(12-19(13)29-2)23-21(27)14-7-10-16(11-8-14)25-17-4-3-5-18(26)20(17)24-22(25)28/h3-6,9,12,14,16,26H,7-8,10-11H2,1-2H3,(H,23,27)(H,24,28). The first kappa shape index (κ1) is 19.1. The van der Waals surface area contributed by atoms with Crippen LogP contribution < -0.4 is 15.7 Å². The quantitative estimate of drug-likeness (QED) is 0.627. The zero-order valence-electron chi connectivity index (χ0n) is 16.6. The fourth-order valence-electron chi connectivity index (χ4n) is 4.23. The number of benzene rings is 2. The number of amides is 1. The number of anilines is 1. The van der Waals surface area contributed by atoms with Gasteiger partial charge in [-0.3, -0.25) is 9.36 Å². The largest absolute Gasteiger partial charge is 0.506 e. The summed E-state index contributed by atoms with van der Waals surface area (Å²) in [6, 6.07) is 10.8. The lowest BCUT2D eigenvalue weighted by atomic mass is 9.85. The van der Waals surface area contributed by atoms with Crippen LogP contribution in [0.15, 0.2) is 41.2 Å². The van der Waals surface area contributed by atoms with Crippen molar-refractivity contribution >= 4 is 22.6 Å². The highest BCUT2D eigenvalue weighted by molar-refractivity contribution is 5.92. The van der Waals surface area contributed by atoms with Crippen molar-refractivity contribution in [2.24, 2.45) is 5.92 Å². The maximum absolute atomic E-state index is 12.7. The number of methoxy groups -OCH3 is 1. The van der Waals surface area contributed by atoms with Gasteiger partial charge in [-0.25, -0.2) is 4.79 Å². The number of rotatable bonds is 4. The number of carbonyl (C=O) groups is 1. The fourth-order valence-corrected chi connectivity index (χ4v) is 4.23. The van der Waals surface area contributed by atoms with Gasteiger partial charge in [-0.15, -0.1) is 0 Å². The van der Waals surface area contributed by atoms with Gasteiger partial charge in [-0.1, -0.05) is 12.1 Å². The molecule has 0 spiro atoms. The zero-order chi connectivity index (χ0) is 20.5. The van der Waals surface area contributed by atoms with Crippen LogP contribution in [0.3, 0.4) is 0 Å². The van der Waals surface area contributed by atoms with Gasteiger partial charge in [0, 0.05) is 23.7 Å². The Hall–Kier alpha value is -3.22. The van der Waals surface area contributed by atoms with E-state index in [0.717, 1.165) is 29.8 Å². The molecule has 1 amide bonds. The second kappa shape index (κ2) is 7.66. The lowest BCUT2D eigenvalue weighted by molar-refractivity contribution is -0.121. The van der Waals surface area contributed by atoms with Crippen molar-refractivity contribution in [2.45, 2.75) is 38.6 Å². The molecule has 0 aliphatic heterocycles. The molecule has 0 bridgehead atoms. The van der Waals surface area contributed by atoms with Crippen molar-refractivity contribution in [1.29, 1.82) is 0 Å². The summed E-state index contributed by atoms with van der Waals surface area (Å²) in [5, 5.41) is 13.0. The number of carbonyl (C=O) groups excluding carboxylic acids is 1. The van der Waals surface area contributed by atoms with Crippen LogP contribution in [0.2, 0.25) is 0 Å². The second-order valence-corrected chi connectivity index (χ2v) is 7.65. The molecule has 152 valence electrons. The molecule has 1 saturated carbocycles. The molecule has 3 N–H and O–H groups in total. The molecule has 3 aromatic rings. The van der Waals surface area contributed by atoms with Crippen molar-refractivity contribution in [3.63, 3.8) is 0 Å².